The molecule has 0 saturated heterocycles. The van der Waals surface area contributed by atoms with E-state index >= 15 is 0 Å². The second-order valence-electron chi connectivity index (χ2n) is 6.00. The van der Waals surface area contributed by atoms with E-state index in [-0.39, 0.29) is 5.78 Å². The van der Waals surface area contributed by atoms with Crippen LogP contribution in [0.15, 0.2) is 48.5 Å². The first-order valence-corrected chi connectivity index (χ1v) is 7.93. The molecule has 0 amide bonds. The Labute approximate surface area is 146 Å². The molecule has 2 aromatic carbocycles. The second kappa shape index (κ2) is 6.21. The van der Waals surface area contributed by atoms with Crippen LogP contribution >= 0.6 is 11.6 Å². The molecular weight excluding hydrogens is 326 g/mol. The third-order valence-corrected chi connectivity index (χ3v) is 3.92. The van der Waals surface area contributed by atoms with Crippen LogP contribution in [0.3, 0.4) is 0 Å². The van der Waals surface area contributed by atoms with Crippen molar-refractivity contribution in [2.24, 2.45) is 0 Å². The van der Waals surface area contributed by atoms with E-state index in [2.05, 4.69) is 5.32 Å². The van der Waals surface area contributed by atoms with Gasteiger partial charge in [0.05, 0.1) is 18.4 Å². The smallest absolute Gasteiger partial charge is 0.191 e. The highest BCUT2D eigenvalue weighted by Gasteiger charge is 2.29. The van der Waals surface area contributed by atoms with E-state index in [1.807, 2.05) is 26.0 Å². The summed E-state index contributed by atoms with van der Waals surface area (Å²) in [5.41, 5.74) is 1.29. The number of carbonyl (C=O) groups is 1. The molecule has 0 saturated carbocycles. The summed E-state index contributed by atoms with van der Waals surface area (Å²) in [7, 11) is 1.55. The molecule has 0 aliphatic carbocycles. The lowest BCUT2D eigenvalue weighted by atomic mass is 10.0. The summed E-state index contributed by atoms with van der Waals surface area (Å²) in [6.07, 6.45) is 1.55. The van der Waals surface area contributed by atoms with Gasteiger partial charge in [-0.05, 0) is 44.2 Å². The number of para-hydroxylation sites is 1. The number of carbonyl (C=O) groups excluding carboxylic acids is 1. The molecule has 1 aliphatic rings. The van der Waals surface area contributed by atoms with Crippen LogP contribution in [0.2, 0.25) is 5.02 Å². The standard InChI is InChI=1S/C19H18ClNO3/c1-19(2)21-15(14-10-12(20)8-9-18(14)24-19)11-16(22)13-6-4-5-7-17(13)23-3/h4-11,21H,1-3H3/b15-11-. The van der Waals surface area contributed by atoms with Gasteiger partial charge in [0.2, 0.25) is 0 Å². The molecular formula is C19H18ClNO3. The fraction of sp³-hybridized carbons (Fsp3) is 0.211. The van der Waals surface area contributed by atoms with Crippen LogP contribution in [0.1, 0.15) is 29.8 Å². The number of ether oxygens (including phenoxy) is 2. The topological polar surface area (TPSA) is 47.6 Å². The monoisotopic (exact) mass is 343 g/mol. The van der Waals surface area contributed by atoms with Crippen LogP contribution in [0.25, 0.3) is 5.70 Å². The van der Waals surface area contributed by atoms with Gasteiger partial charge in [0, 0.05) is 16.7 Å². The van der Waals surface area contributed by atoms with E-state index in [4.69, 9.17) is 21.1 Å². The molecule has 0 spiro atoms. The van der Waals surface area contributed by atoms with E-state index < -0.39 is 5.72 Å². The molecule has 1 heterocycles. The Hall–Kier alpha value is -2.46. The van der Waals surface area contributed by atoms with Gasteiger partial charge in [0.15, 0.2) is 11.5 Å². The first-order chi connectivity index (χ1) is 11.4. The molecule has 0 fully saturated rings. The van der Waals surface area contributed by atoms with Gasteiger partial charge in [-0.1, -0.05) is 23.7 Å². The van der Waals surface area contributed by atoms with Crippen molar-refractivity contribution in [3.8, 4) is 11.5 Å². The number of methoxy groups -OCH3 is 1. The number of nitrogens with one attached hydrogen (secondary N) is 1. The average molecular weight is 344 g/mol. The van der Waals surface area contributed by atoms with Crippen LogP contribution in [-0.4, -0.2) is 18.6 Å². The van der Waals surface area contributed by atoms with Crippen molar-refractivity contribution in [3.05, 3.63) is 64.7 Å². The highest BCUT2D eigenvalue weighted by molar-refractivity contribution is 6.30. The van der Waals surface area contributed by atoms with E-state index in [0.29, 0.717) is 27.8 Å². The molecule has 5 heteroatoms. The van der Waals surface area contributed by atoms with Gasteiger partial charge in [-0.2, -0.15) is 0 Å². The molecule has 0 bridgehead atoms. The Bertz CT molecular complexity index is 827. The lowest BCUT2D eigenvalue weighted by molar-refractivity contribution is 0.0816. The maximum absolute atomic E-state index is 12.7. The molecule has 3 rings (SSSR count). The first-order valence-electron chi connectivity index (χ1n) is 7.56. The molecule has 4 nitrogen and oxygen atoms in total. The van der Waals surface area contributed by atoms with Crippen LogP contribution in [-0.2, 0) is 0 Å². The second-order valence-corrected chi connectivity index (χ2v) is 6.44. The third kappa shape index (κ3) is 3.24. The van der Waals surface area contributed by atoms with Crippen LogP contribution < -0.4 is 14.8 Å². The van der Waals surface area contributed by atoms with Gasteiger partial charge in [0.25, 0.3) is 0 Å². The van der Waals surface area contributed by atoms with Crippen molar-refractivity contribution in [2.45, 2.75) is 19.6 Å². The van der Waals surface area contributed by atoms with Crippen LogP contribution in [0.4, 0.5) is 0 Å². The molecule has 0 radical (unpaired) electrons. The molecule has 1 N–H and O–H groups in total. The molecule has 124 valence electrons. The van der Waals surface area contributed by atoms with Crippen LogP contribution in [0, 0.1) is 0 Å². The zero-order valence-corrected chi connectivity index (χ0v) is 14.5. The summed E-state index contributed by atoms with van der Waals surface area (Å²) in [6, 6.07) is 12.5. The molecule has 1 aliphatic heterocycles. The predicted octanol–water partition coefficient (Wildman–Crippen LogP) is 4.29. The Kier molecular flexibility index (Phi) is 4.24. The van der Waals surface area contributed by atoms with Crippen molar-refractivity contribution in [1.82, 2.24) is 5.32 Å². The zero-order valence-electron chi connectivity index (χ0n) is 13.7. The zero-order chi connectivity index (χ0) is 17.3. The number of hydrogen-bond acceptors (Lipinski definition) is 4. The molecule has 0 unspecified atom stereocenters. The number of fused-ring (bicyclic) bond motifs is 1. The number of benzene rings is 2. The number of rotatable bonds is 3. The SMILES string of the molecule is COc1ccccc1C(=O)/C=C1\NC(C)(C)Oc2ccc(Cl)cc21. The van der Waals surface area contributed by atoms with Gasteiger partial charge < -0.3 is 14.8 Å². The molecule has 24 heavy (non-hydrogen) atoms. The average Bonchev–Trinajstić information content (AvgIpc) is 2.54. The number of allylic oxidation sites excluding steroid dienone is 1. The summed E-state index contributed by atoms with van der Waals surface area (Å²) in [4.78, 5) is 12.7. The third-order valence-electron chi connectivity index (χ3n) is 3.68. The van der Waals surface area contributed by atoms with Crippen molar-refractivity contribution >= 4 is 23.1 Å². The minimum absolute atomic E-state index is 0.154. The van der Waals surface area contributed by atoms with Crippen molar-refractivity contribution in [2.75, 3.05) is 7.11 Å². The van der Waals surface area contributed by atoms with Gasteiger partial charge in [-0.25, -0.2) is 0 Å². The highest BCUT2D eigenvalue weighted by atomic mass is 35.5. The van der Waals surface area contributed by atoms with Gasteiger partial charge in [-0.15, -0.1) is 0 Å². The highest BCUT2D eigenvalue weighted by Crippen LogP contribution is 2.35. The Morgan fingerprint density at radius 3 is 2.75 bits per heavy atom. The van der Waals surface area contributed by atoms with Crippen molar-refractivity contribution < 1.29 is 14.3 Å². The number of ketones is 1. The quantitative estimate of drug-likeness (QED) is 0.667. The largest absolute Gasteiger partial charge is 0.496 e. The van der Waals surface area contributed by atoms with Gasteiger partial charge >= 0.3 is 0 Å². The van der Waals surface area contributed by atoms with E-state index in [1.165, 1.54) is 0 Å². The van der Waals surface area contributed by atoms with E-state index in [0.717, 1.165) is 5.56 Å². The Morgan fingerprint density at radius 1 is 1.25 bits per heavy atom. The van der Waals surface area contributed by atoms with E-state index in [9.17, 15) is 4.79 Å². The lowest BCUT2D eigenvalue weighted by Gasteiger charge is -2.36. The van der Waals surface area contributed by atoms with Crippen molar-refractivity contribution in [3.63, 3.8) is 0 Å². The maximum Gasteiger partial charge on any atom is 0.191 e. The molecule has 2 aromatic rings. The maximum atomic E-state index is 12.7. The van der Waals surface area contributed by atoms with Crippen molar-refractivity contribution in [1.29, 1.82) is 0 Å². The number of halogens is 1. The fourth-order valence-corrected chi connectivity index (χ4v) is 2.84. The van der Waals surface area contributed by atoms with E-state index in [1.54, 1.807) is 43.5 Å². The summed E-state index contributed by atoms with van der Waals surface area (Å²) < 4.78 is 11.2. The van der Waals surface area contributed by atoms with Gasteiger partial charge in [0.1, 0.15) is 11.5 Å². The minimum Gasteiger partial charge on any atom is -0.496 e. The molecule has 0 atom stereocenters. The van der Waals surface area contributed by atoms with Crippen LogP contribution in [0.5, 0.6) is 11.5 Å². The summed E-state index contributed by atoms with van der Waals surface area (Å²) in [5, 5.41) is 3.81. The predicted molar refractivity (Wildman–Crippen MR) is 94.6 cm³/mol. The first kappa shape index (κ1) is 16.4. The minimum atomic E-state index is -0.631. The number of hydrogen-bond donors (Lipinski definition) is 1. The Balaban J connectivity index is 2.06. The fourth-order valence-electron chi connectivity index (χ4n) is 2.66. The summed E-state index contributed by atoms with van der Waals surface area (Å²) in [6.45, 7) is 3.79. The molecule has 0 aromatic heterocycles. The van der Waals surface area contributed by atoms with Gasteiger partial charge in [-0.3, -0.25) is 4.79 Å². The summed E-state index contributed by atoms with van der Waals surface area (Å²) >= 11 is 6.10. The summed E-state index contributed by atoms with van der Waals surface area (Å²) in [5.74, 6) is 1.07. The Morgan fingerprint density at radius 2 is 2.00 bits per heavy atom. The normalized spacial score (nSPS) is 16.8. The lowest BCUT2D eigenvalue weighted by Crippen LogP contribution is -2.46.